The first-order chi connectivity index (χ1) is 17.4. The molecule has 0 aliphatic heterocycles. The van der Waals surface area contributed by atoms with Gasteiger partial charge in [0.1, 0.15) is 12.0 Å². The summed E-state index contributed by atoms with van der Waals surface area (Å²) < 4.78 is 10.2. The summed E-state index contributed by atoms with van der Waals surface area (Å²) >= 11 is 5.61. The summed E-state index contributed by atoms with van der Waals surface area (Å²) in [6.45, 7) is 2.20. The molecule has 1 saturated carbocycles. The molecule has 4 N–H and O–H groups in total. The average molecular weight is 518 g/mol. The number of nitrogens with zero attached hydrogens (tertiary/aromatic N) is 1. The van der Waals surface area contributed by atoms with Crippen LogP contribution in [0.5, 0.6) is 5.75 Å². The number of nitriles is 1. The molecular formula is C28H40ClN3O4. The predicted molar refractivity (Wildman–Crippen MR) is 146 cm³/mol. The van der Waals surface area contributed by atoms with Crippen LogP contribution in [0.25, 0.3) is 0 Å². The Bertz CT molecular complexity index is 927. The number of carbonyl (C=O) groups excluding carboxylic acids is 1. The fourth-order valence-electron chi connectivity index (χ4n) is 4.04. The molecule has 0 amide bonds. The van der Waals surface area contributed by atoms with E-state index in [1.807, 2.05) is 13.1 Å². The Kier molecular flexibility index (Phi) is 16.2. The summed E-state index contributed by atoms with van der Waals surface area (Å²) in [6, 6.07) is 12.3. The molecule has 0 aromatic heterocycles. The van der Waals surface area contributed by atoms with Crippen LogP contribution >= 0.6 is 11.6 Å². The zero-order chi connectivity index (χ0) is 26.8. The average Bonchev–Trinajstić information content (AvgIpc) is 2.91. The van der Waals surface area contributed by atoms with Crippen molar-refractivity contribution >= 4 is 23.6 Å². The zero-order valence-electron chi connectivity index (χ0n) is 21.6. The molecule has 0 heterocycles. The van der Waals surface area contributed by atoms with Crippen molar-refractivity contribution in [1.82, 2.24) is 5.32 Å². The summed E-state index contributed by atoms with van der Waals surface area (Å²) in [4.78, 5) is 10.2. The van der Waals surface area contributed by atoms with Gasteiger partial charge in [0.05, 0.1) is 36.1 Å². The minimum absolute atomic E-state index is 0.376. The van der Waals surface area contributed by atoms with Gasteiger partial charge in [-0.3, -0.25) is 4.79 Å². The van der Waals surface area contributed by atoms with Crippen LogP contribution in [0.4, 0.5) is 5.69 Å². The molecule has 1 aliphatic carbocycles. The normalized spacial score (nSPS) is 16.4. The lowest BCUT2D eigenvalue weighted by atomic mass is 9.81. The molecule has 8 heteroatoms. The van der Waals surface area contributed by atoms with Crippen molar-refractivity contribution in [2.75, 3.05) is 46.8 Å². The van der Waals surface area contributed by atoms with Gasteiger partial charge < -0.3 is 25.6 Å². The standard InChI is InChI=1S/C11H13NO2.C10H21NO.C7H6ClNO/c1-13-6-5-10-4-3-9(8-12)7-11(10)14-2;1-11-8-10-4-2-9(3-5-10)6-7-12;8-6-3-5(4-10)1-2-7(6)9/h3-4,7H,5-6H2,1-2H3;9-12H,2-8H2,1H3;1-4H,9H2. The summed E-state index contributed by atoms with van der Waals surface area (Å²) in [5, 5.41) is 21.1. The highest BCUT2D eigenvalue weighted by Crippen LogP contribution is 2.30. The van der Waals surface area contributed by atoms with E-state index in [2.05, 4.69) is 11.4 Å². The minimum atomic E-state index is 0.376. The smallest absolute Gasteiger partial charge is 0.150 e. The summed E-state index contributed by atoms with van der Waals surface area (Å²) in [5.41, 5.74) is 8.11. The van der Waals surface area contributed by atoms with Crippen molar-refractivity contribution in [3.05, 3.63) is 58.1 Å². The van der Waals surface area contributed by atoms with Crippen LogP contribution in [0.3, 0.4) is 0 Å². The number of anilines is 1. The third kappa shape index (κ3) is 11.9. The Labute approximate surface area is 220 Å². The number of hydrogen-bond acceptors (Lipinski definition) is 7. The van der Waals surface area contributed by atoms with Crippen molar-refractivity contribution in [3.8, 4) is 11.8 Å². The second kappa shape index (κ2) is 18.6. The van der Waals surface area contributed by atoms with Crippen molar-refractivity contribution in [1.29, 1.82) is 5.26 Å². The van der Waals surface area contributed by atoms with E-state index >= 15 is 0 Å². The summed E-state index contributed by atoms with van der Waals surface area (Å²) in [7, 11) is 5.29. The first-order valence-corrected chi connectivity index (χ1v) is 12.6. The summed E-state index contributed by atoms with van der Waals surface area (Å²) in [5.74, 6) is 2.45. The molecule has 36 heavy (non-hydrogen) atoms. The molecule has 0 spiro atoms. The number of benzene rings is 2. The van der Waals surface area contributed by atoms with Crippen LogP contribution in [0, 0.1) is 23.2 Å². The Balaban J connectivity index is 0.000000274. The number of nitrogen functional groups attached to an aromatic ring is 1. The van der Waals surface area contributed by atoms with Gasteiger partial charge in [-0.2, -0.15) is 5.26 Å². The van der Waals surface area contributed by atoms with Gasteiger partial charge in [-0.1, -0.05) is 30.5 Å². The number of halogens is 1. The van der Waals surface area contributed by atoms with E-state index in [9.17, 15) is 4.79 Å². The largest absolute Gasteiger partial charge is 0.496 e. The van der Waals surface area contributed by atoms with Crippen molar-refractivity contribution in [2.24, 2.45) is 11.8 Å². The molecule has 2 aromatic carbocycles. The first kappa shape index (κ1) is 31.4. The highest BCUT2D eigenvalue weighted by atomic mass is 35.5. The highest BCUT2D eigenvalue weighted by Gasteiger charge is 2.19. The first-order valence-electron chi connectivity index (χ1n) is 12.2. The van der Waals surface area contributed by atoms with Crippen LogP contribution < -0.4 is 15.8 Å². The quantitative estimate of drug-likeness (QED) is 0.320. The number of hydrogen-bond donors (Lipinski definition) is 3. The number of aliphatic hydroxyl groups is 1. The Morgan fingerprint density at radius 3 is 2.39 bits per heavy atom. The van der Waals surface area contributed by atoms with E-state index in [1.165, 1.54) is 38.3 Å². The van der Waals surface area contributed by atoms with Gasteiger partial charge in [-0.05, 0) is 87.0 Å². The number of rotatable bonds is 9. The second-order valence-corrected chi connectivity index (χ2v) is 9.14. The van der Waals surface area contributed by atoms with E-state index in [0.717, 1.165) is 42.3 Å². The molecule has 0 unspecified atom stereocenters. The lowest BCUT2D eigenvalue weighted by Gasteiger charge is -2.27. The van der Waals surface area contributed by atoms with Gasteiger partial charge in [-0.15, -0.1) is 0 Å². The third-order valence-corrected chi connectivity index (χ3v) is 6.48. The van der Waals surface area contributed by atoms with Gasteiger partial charge in [0.15, 0.2) is 0 Å². The van der Waals surface area contributed by atoms with Gasteiger partial charge in [0.25, 0.3) is 0 Å². The van der Waals surface area contributed by atoms with Gasteiger partial charge >= 0.3 is 0 Å². The minimum Gasteiger partial charge on any atom is -0.496 e. The fourth-order valence-corrected chi connectivity index (χ4v) is 4.23. The molecule has 2 aromatic rings. The maximum Gasteiger partial charge on any atom is 0.150 e. The predicted octanol–water partition coefficient (Wildman–Crippen LogP) is 4.89. The Hall–Kier alpha value is -2.63. The molecule has 1 aliphatic rings. The SMILES string of the molecule is CNCC1CCC(CCO)CC1.COCCc1ccc(C#N)cc1OC.Nc1ccc(C=O)cc1Cl. The van der Waals surface area contributed by atoms with E-state index in [4.69, 9.17) is 37.2 Å². The van der Waals surface area contributed by atoms with E-state index in [-0.39, 0.29) is 0 Å². The van der Waals surface area contributed by atoms with E-state index in [1.54, 1.807) is 38.5 Å². The van der Waals surface area contributed by atoms with Gasteiger partial charge in [-0.25, -0.2) is 0 Å². The molecule has 0 bridgehead atoms. The van der Waals surface area contributed by atoms with Crippen LogP contribution in [-0.2, 0) is 11.2 Å². The molecule has 3 rings (SSSR count). The maximum absolute atomic E-state index is 10.2. The molecule has 198 valence electrons. The second-order valence-electron chi connectivity index (χ2n) is 8.74. The van der Waals surface area contributed by atoms with Crippen molar-refractivity contribution < 1.29 is 19.4 Å². The number of aliphatic hydroxyl groups excluding tert-OH is 1. The van der Waals surface area contributed by atoms with E-state index < -0.39 is 0 Å². The third-order valence-electron chi connectivity index (χ3n) is 6.15. The van der Waals surface area contributed by atoms with Gasteiger partial charge in [0, 0.05) is 19.3 Å². The molecular weight excluding hydrogens is 478 g/mol. The van der Waals surface area contributed by atoms with Crippen molar-refractivity contribution in [3.63, 3.8) is 0 Å². The van der Waals surface area contributed by atoms with Crippen LogP contribution in [0.15, 0.2) is 36.4 Å². The van der Waals surface area contributed by atoms with Crippen LogP contribution in [-0.4, -0.2) is 52.4 Å². The lowest BCUT2D eigenvalue weighted by Crippen LogP contribution is -2.24. The van der Waals surface area contributed by atoms with Crippen LogP contribution in [0.2, 0.25) is 5.02 Å². The topological polar surface area (TPSA) is 118 Å². The Morgan fingerprint density at radius 2 is 1.86 bits per heavy atom. The number of ether oxygens (including phenoxy) is 2. The fraction of sp³-hybridized carbons (Fsp3) is 0.500. The maximum atomic E-state index is 10.2. The number of methoxy groups -OCH3 is 2. The van der Waals surface area contributed by atoms with Crippen LogP contribution in [0.1, 0.15) is 53.6 Å². The molecule has 0 radical (unpaired) electrons. The number of nitrogens with one attached hydrogen (secondary N) is 1. The number of nitrogens with two attached hydrogens (primary N) is 1. The Morgan fingerprint density at radius 1 is 1.17 bits per heavy atom. The van der Waals surface area contributed by atoms with E-state index in [0.29, 0.717) is 35.1 Å². The number of aldehydes is 1. The summed E-state index contributed by atoms with van der Waals surface area (Å²) in [6.07, 6.45) is 7.90. The van der Waals surface area contributed by atoms with Gasteiger partial charge in [0.2, 0.25) is 0 Å². The zero-order valence-corrected chi connectivity index (χ0v) is 22.4. The monoisotopic (exact) mass is 517 g/mol. The number of carbonyl (C=O) groups is 1. The highest BCUT2D eigenvalue weighted by molar-refractivity contribution is 6.33. The molecule has 0 atom stereocenters. The molecule has 0 saturated heterocycles. The lowest BCUT2D eigenvalue weighted by molar-refractivity contribution is 0.112. The van der Waals surface area contributed by atoms with Crippen molar-refractivity contribution in [2.45, 2.75) is 38.5 Å². The molecule has 1 fully saturated rings. The molecule has 7 nitrogen and oxygen atoms in total.